The first-order valence-corrected chi connectivity index (χ1v) is 16.7. The Kier molecular flexibility index (Phi) is 10.7. The summed E-state index contributed by atoms with van der Waals surface area (Å²) < 4.78 is 26.2. The predicted molar refractivity (Wildman–Crippen MR) is 175 cm³/mol. The average molecular weight is 668 g/mol. The van der Waals surface area contributed by atoms with E-state index in [0.717, 1.165) is 36.2 Å². The third-order valence-electron chi connectivity index (χ3n) is 7.03. The van der Waals surface area contributed by atoms with Crippen LogP contribution < -0.4 is 14.4 Å². The van der Waals surface area contributed by atoms with E-state index in [4.69, 9.17) is 21.1 Å². The Labute approximate surface area is 273 Å². The molecule has 0 aliphatic carbocycles. The number of ether oxygens (including phenoxy) is 2. The molecule has 1 N–H and O–H groups in total. The number of aromatic nitrogens is 2. The largest absolute Gasteiger partial charge is 0.507 e. The highest BCUT2D eigenvalue weighted by Gasteiger charge is 2.48. The molecule has 4 aromatic rings. The first-order chi connectivity index (χ1) is 21.8. The molecule has 8 nitrogen and oxygen atoms in total. The Hall–Kier alpha value is -3.93. The van der Waals surface area contributed by atoms with Crippen molar-refractivity contribution in [3.05, 3.63) is 99.8 Å². The maximum Gasteiger partial charge on any atom is 0.301 e. The summed E-state index contributed by atoms with van der Waals surface area (Å²) in [5.74, 6) is -1.13. The minimum absolute atomic E-state index is 0.156. The Morgan fingerprint density at radius 3 is 2.47 bits per heavy atom. The van der Waals surface area contributed by atoms with E-state index in [1.165, 1.54) is 40.9 Å². The molecular formula is C33H31ClFN3O5S2. The fourth-order valence-corrected chi connectivity index (χ4v) is 6.76. The van der Waals surface area contributed by atoms with Crippen LogP contribution in [-0.4, -0.2) is 40.2 Å². The molecule has 1 saturated heterocycles. The molecule has 0 bridgehead atoms. The van der Waals surface area contributed by atoms with Gasteiger partial charge in [0.25, 0.3) is 5.78 Å². The van der Waals surface area contributed by atoms with Crippen molar-refractivity contribution in [1.82, 2.24) is 10.2 Å². The summed E-state index contributed by atoms with van der Waals surface area (Å²) in [6.07, 6.45) is 2.97. The van der Waals surface area contributed by atoms with Crippen molar-refractivity contribution < 1.29 is 28.6 Å². The summed E-state index contributed by atoms with van der Waals surface area (Å²) in [7, 11) is 0. The second-order valence-corrected chi connectivity index (χ2v) is 12.8. The summed E-state index contributed by atoms with van der Waals surface area (Å²) in [5.41, 5.74) is 1.56. The number of nitrogens with zero attached hydrogens (tertiary/aromatic N) is 3. The summed E-state index contributed by atoms with van der Waals surface area (Å²) in [6, 6.07) is 16.6. The molecule has 1 aliphatic heterocycles. The molecule has 1 unspecified atom stereocenters. The SMILES string of the molecule is CCCCCOc1ccc(C2/C(=C(\O)c3ccc(F)cc3)C(=O)C(=O)N2c2nnc(SCc3ccc(Cl)cc3)s2)cc1OCC. The minimum atomic E-state index is -1.06. The number of amides is 1. The van der Waals surface area contributed by atoms with Gasteiger partial charge in [0, 0.05) is 16.3 Å². The van der Waals surface area contributed by atoms with Gasteiger partial charge >= 0.3 is 5.91 Å². The third kappa shape index (κ3) is 7.49. The summed E-state index contributed by atoms with van der Waals surface area (Å²) in [6.45, 7) is 4.83. The van der Waals surface area contributed by atoms with Gasteiger partial charge in [0.15, 0.2) is 15.8 Å². The van der Waals surface area contributed by atoms with Crippen LogP contribution in [0.15, 0.2) is 76.6 Å². The lowest BCUT2D eigenvalue weighted by atomic mass is 9.95. The molecule has 3 aromatic carbocycles. The lowest BCUT2D eigenvalue weighted by molar-refractivity contribution is -0.132. The Bertz CT molecular complexity index is 1700. The monoisotopic (exact) mass is 667 g/mol. The molecule has 2 heterocycles. The predicted octanol–water partition coefficient (Wildman–Crippen LogP) is 8.22. The van der Waals surface area contributed by atoms with Crippen LogP contribution in [-0.2, 0) is 15.3 Å². The van der Waals surface area contributed by atoms with Crippen LogP contribution in [0.2, 0.25) is 5.02 Å². The molecule has 1 atom stereocenters. The van der Waals surface area contributed by atoms with E-state index >= 15 is 0 Å². The third-order valence-corrected chi connectivity index (χ3v) is 9.41. The van der Waals surface area contributed by atoms with E-state index < -0.39 is 29.3 Å². The molecule has 5 rings (SSSR count). The van der Waals surface area contributed by atoms with Crippen molar-refractivity contribution in [2.75, 3.05) is 18.1 Å². The number of anilines is 1. The van der Waals surface area contributed by atoms with E-state index in [-0.39, 0.29) is 16.3 Å². The van der Waals surface area contributed by atoms with Gasteiger partial charge in [-0.15, -0.1) is 10.2 Å². The molecule has 0 radical (unpaired) electrons. The maximum absolute atomic E-state index is 13.7. The topological polar surface area (TPSA) is 102 Å². The van der Waals surface area contributed by atoms with Gasteiger partial charge in [-0.1, -0.05) is 72.7 Å². The summed E-state index contributed by atoms with van der Waals surface area (Å²) >= 11 is 8.59. The summed E-state index contributed by atoms with van der Waals surface area (Å²) in [5, 5.41) is 20.7. The molecule has 1 aromatic heterocycles. The van der Waals surface area contributed by atoms with Crippen LogP contribution in [0.1, 0.15) is 55.8 Å². The smallest absolute Gasteiger partial charge is 0.301 e. The number of thioether (sulfide) groups is 1. The maximum atomic E-state index is 13.7. The number of hydrogen-bond acceptors (Lipinski definition) is 9. The highest BCUT2D eigenvalue weighted by molar-refractivity contribution is 8.00. The molecule has 1 fully saturated rings. The zero-order valence-corrected chi connectivity index (χ0v) is 27.1. The van der Waals surface area contributed by atoms with E-state index in [1.807, 2.05) is 31.2 Å². The van der Waals surface area contributed by atoms with E-state index in [0.29, 0.717) is 45.4 Å². The van der Waals surface area contributed by atoms with Crippen LogP contribution in [0.4, 0.5) is 9.52 Å². The second-order valence-electron chi connectivity index (χ2n) is 10.1. The van der Waals surface area contributed by atoms with E-state index in [1.54, 1.807) is 18.2 Å². The van der Waals surface area contributed by atoms with Crippen LogP contribution in [0.25, 0.3) is 5.76 Å². The number of rotatable bonds is 13. The van der Waals surface area contributed by atoms with Gasteiger partial charge in [0.05, 0.1) is 24.8 Å². The van der Waals surface area contributed by atoms with Crippen LogP contribution in [0.5, 0.6) is 11.5 Å². The molecular weight excluding hydrogens is 637 g/mol. The van der Waals surface area contributed by atoms with Crippen molar-refractivity contribution in [1.29, 1.82) is 0 Å². The van der Waals surface area contributed by atoms with Crippen molar-refractivity contribution in [2.24, 2.45) is 0 Å². The van der Waals surface area contributed by atoms with Gasteiger partial charge in [0.1, 0.15) is 11.6 Å². The van der Waals surface area contributed by atoms with Gasteiger partial charge in [-0.25, -0.2) is 4.39 Å². The molecule has 45 heavy (non-hydrogen) atoms. The molecule has 0 spiro atoms. The quantitative estimate of drug-likeness (QED) is 0.0380. The number of carbonyl (C=O) groups excluding carboxylic acids is 2. The minimum Gasteiger partial charge on any atom is -0.507 e. The fraction of sp³-hybridized carbons (Fsp3) is 0.273. The van der Waals surface area contributed by atoms with Gasteiger partial charge in [-0.2, -0.15) is 0 Å². The second kappa shape index (κ2) is 14.9. The normalized spacial score (nSPS) is 15.9. The van der Waals surface area contributed by atoms with Crippen LogP contribution in [0, 0.1) is 5.82 Å². The number of aliphatic hydroxyl groups excluding tert-OH is 1. The first kappa shape index (κ1) is 32.5. The molecule has 234 valence electrons. The Morgan fingerprint density at radius 2 is 1.76 bits per heavy atom. The highest BCUT2D eigenvalue weighted by atomic mass is 35.5. The van der Waals surface area contributed by atoms with Gasteiger partial charge in [-0.3, -0.25) is 14.5 Å². The number of carbonyl (C=O) groups is 2. The molecule has 12 heteroatoms. The lowest BCUT2D eigenvalue weighted by Gasteiger charge is -2.23. The van der Waals surface area contributed by atoms with Crippen molar-refractivity contribution in [3.63, 3.8) is 0 Å². The number of Topliss-reactive ketones (excluding diaryl/α,β-unsaturated/α-hetero) is 1. The Balaban J connectivity index is 1.54. The lowest BCUT2D eigenvalue weighted by Crippen LogP contribution is -2.29. The number of hydrogen-bond donors (Lipinski definition) is 1. The fourth-order valence-electron chi connectivity index (χ4n) is 4.81. The van der Waals surface area contributed by atoms with Crippen molar-refractivity contribution >= 4 is 57.3 Å². The first-order valence-electron chi connectivity index (χ1n) is 14.5. The summed E-state index contributed by atoms with van der Waals surface area (Å²) in [4.78, 5) is 28.5. The van der Waals surface area contributed by atoms with Gasteiger partial charge in [0.2, 0.25) is 5.13 Å². The zero-order valence-electron chi connectivity index (χ0n) is 24.7. The number of benzene rings is 3. The van der Waals surface area contributed by atoms with Crippen molar-refractivity contribution in [2.45, 2.75) is 49.2 Å². The standard InChI is InChI=1S/C33H31ClFN3O5S2/c1-3-5-6-17-43-25-16-11-22(18-26(25)42-4-2)28-27(29(39)21-9-14-24(35)15-10-21)30(40)31(41)38(28)32-36-37-33(45-32)44-19-20-7-12-23(34)13-8-20/h7-16,18,28,39H,3-6,17,19H2,1-2H3/b29-27+. The van der Waals surface area contributed by atoms with E-state index in [2.05, 4.69) is 17.1 Å². The molecule has 1 amide bonds. The number of aliphatic hydroxyl groups is 1. The van der Waals surface area contributed by atoms with Crippen LogP contribution >= 0.6 is 34.7 Å². The average Bonchev–Trinajstić information content (AvgIpc) is 3.61. The Morgan fingerprint density at radius 1 is 1.00 bits per heavy atom. The molecule has 1 aliphatic rings. The number of ketones is 1. The van der Waals surface area contributed by atoms with Gasteiger partial charge < -0.3 is 14.6 Å². The zero-order chi connectivity index (χ0) is 31.9. The number of unbranched alkanes of at least 4 members (excludes halogenated alkanes) is 2. The van der Waals surface area contributed by atoms with Crippen LogP contribution in [0.3, 0.4) is 0 Å². The highest BCUT2D eigenvalue weighted by Crippen LogP contribution is 2.45. The number of halogens is 2. The van der Waals surface area contributed by atoms with Crippen molar-refractivity contribution in [3.8, 4) is 11.5 Å². The van der Waals surface area contributed by atoms with E-state index in [9.17, 15) is 19.1 Å². The van der Waals surface area contributed by atoms with Gasteiger partial charge in [-0.05, 0) is 73.0 Å². The molecule has 0 saturated carbocycles.